The van der Waals surface area contributed by atoms with Crippen molar-refractivity contribution in [2.75, 3.05) is 13.2 Å². The molecule has 0 spiro atoms. The van der Waals surface area contributed by atoms with E-state index in [1.807, 2.05) is 12.2 Å². The largest absolute Gasteiger partial charge is 0.462 e. The highest BCUT2D eigenvalue weighted by molar-refractivity contribution is 5.71. The molecule has 0 bridgehead atoms. The van der Waals surface area contributed by atoms with Gasteiger partial charge in [0, 0.05) is 19.3 Å². The highest BCUT2D eigenvalue weighted by Gasteiger charge is 2.19. The summed E-state index contributed by atoms with van der Waals surface area (Å²) in [6.45, 7) is 6.26. The van der Waals surface area contributed by atoms with Crippen molar-refractivity contribution >= 4 is 17.9 Å². The van der Waals surface area contributed by atoms with Gasteiger partial charge in [0.25, 0.3) is 0 Å². The van der Waals surface area contributed by atoms with Crippen molar-refractivity contribution in [3.63, 3.8) is 0 Å². The number of ether oxygens (including phenoxy) is 3. The Balaban J connectivity index is 4.50. The lowest BCUT2D eigenvalue weighted by Gasteiger charge is -2.18. The number of rotatable bonds is 40. The number of esters is 3. The highest BCUT2D eigenvalue weighted by atomic mass is 16.6. The van der Waals surface area contributed by atoms with E-state index >= 15 is 0 Å². The van der Waals surface area contributed by atoms with E-state index in [0.29, 0.717) is 19.3 Å². The first kappa shape index (κ1) is 55.1. The second kappa shape index (κ2) is 46.8. The molecule has 0 aliphatic rings. The Labute approximate surface area is 361 Å². The molecule has 0 heterocycles. The van der Waals surface area contributed by atoms with Crippen LogP contribution in [0.15, 0.2) is 109 Å². The minimum absolute atomic E-state index is 0.119. The van der Waals surface area contributed by atoms with Crippen molar-refractivity contribution in [3.05, 3.63) is 109 Å². The van der Waals surface area contributed by atoms with Crippen LogP contribution in [0.5, 0.6) is 0 Å². The molecule has 1 unspecified atom stereocenters. The summed E-state index contributed by atoms with van der Waals surface area (Å²) in [4.78, 5) is 37.7. The number of hydrogen-bond acceptors (Lipinski definition) is 6. The van der Waals surface area contributed by atoms with Gasteiger partial charge in [0.2, 0.25) is 0 Å². The van der Waals surface area contributed by atoms with Crippen LogP contribution in [-0.2, 0) is 28.6 Å². The lowest BCUT2D eigenvalue weighted by atomic mass is 10.1. The van der Waals surface area contributed by atoms with Gasteiger partial charge >= 0.3 is 17.9 Å². The highest BCUT2D eigenvalue weighted by Crippen LogP contribution is 2.12. The Bertz CT molecular complexity index is 1260. The summed E-state index contributed by atoms with van der Waals surface area (Å²) in [5.41, 5.74) is 0. The summed E-state index contributed by atoms with van der Waals surface area (Å²) in [5.74, 6) is -1.05. The van der Waals surface area contributed by atoms with Gasteiger partial charge in [0.1, 0.15) is 13.2 Å². The molecule has 0 aromatic heterocycles. The summed E-state index contributed by atoms with van der Waals surface area (Å²) < 4.78 is 16.6. The summed E-state index contributed by atoms with van der Waals surface area (Å²) in [7, 11) is 0. The summed E-state index contributed by atoms with van der Waals surface area (Å²) in [6.07, 6.45) is 62.3. The maximum atomic E-state index is 12.7. The van der Waals surface area contributed by atoms with E-state index in [9.17, 15) is 14.4 Å². The van der Waals surface area contributed by atoms with E-state index in [1.54, 1.807) is 0 Å². The first-order chi connectivity index (χ1) is 29.0. The number of carbonyl (C=O) groups excluding carboxylic acids is 3. The zero-order valence-electron chi connectivity index (χ0n) is 37.7. The minimum atomic E-state index is -0.828. The van der Waals surface area contributed by atoms with Crippen molar-refractivity contribution in [3.8, 4) is 0 Å². The Morgan fingerprint density at radius 3 is 1.10 bits per heavy atom. The molecule has 0 saturated carbocycles. The third-order valence-corrected chi connectivity index (χ3v) is 9.29. The SMILES string of the molecule is CC/C=C\C/C=C\C/C=C\C/C=C\C/C=C\CCCCCC(=O)OCC(COC(=O)CCCCCCCCCCC)OC(=O)CC/C=C\C/C=C\C/C=C\C/C=C\CC. The van der Waals surface area contributed by atoms with E-state index in [-0.39, 0.29) is 31.6 Å². The molecule has 6 nitrogen and oxygen atoms in total. The fourth-order valence-electron chi connectivity index (χ4n) is 5.83. The van der Waals surface area contributed by atoms with Gasteiger partial charge in [-0.2, -0.15) is 0 Å². The van der Waals surface area contributed by atoms with Crippen molar-refractivity contribution in [2.45, 2.75) is 194 Å². The molecule has 332 valence electrons. The predicted octanol–water partition coefficient (Wildman–Crippen LogP) is 15.2. The monoisotopic (exact) mass is 817 g/mol. The molecule has 0 N–H and O–H groups in total. The van der Waals surface area contributed by atoms with Crippen LogP contribution in [0.2, 0.25) is 0 Å². The summed E-state index contributed by atoms with van der Waals surface area (Å²) >= 11 is 0. The van der Waals surface area contributed by atoms with Gasteiger partial charge in [-0.15, -0.1) is 0 Å². The van der Waals surface area contributed by atoms with Gasteiger partial charge in [0.15, 0.2) is 6.10 Å². The Morgan fingerprint density at radius 2 is 0.695 bits per heavy atom. The van der Waals surface area contributed by atoms with Gasteiger partial charge in [0.05, 0.1) is 0 Å². The molecular formula is C53H84O6. The van der Waals surface area contributed by atoms with Gasteiger partial charge < -0.3 is 14.2 Å². The van der Waals surface area contributed by atoms with Crippen molar-refractivity contribution in [1.82, 2.24) is 0 Å². The molecule has 0 amide bonds. The lowest BCUT2D eigenvalue weighted by Crippen LogP contribution is -2.30. The van der Waals surface area contributed by atoms with E-state index in [2.05, 4.69) is 118 Å². The molecule has 6 heteroatoms. The average Bonchev–Trinajstić information content (AvgIpc) is 3.23. The van der Waals surface area contributed by atoms with Crippen LogP contribution in [-0.4, -0.2) is 37.2 Å². The van der Waals surface area contributed by atoms with Crippen molar-refractivity contribution in [2.24, 2.45) is 0 Å². The Kier molecular flexibility index (Phi) is 43.6. The Morgan fingerprint density at radius 1 is 0.356 bits per heavy atom. The molecule has 0 aromatic carbocycles. The minimum Gasteiger partial charge on any atom is -0.462 e. The quantitative estimate of drug-likeness (QED) is 0.0265. The van der Waals surface area contributed by atoms with Crippen LogP contribution in [0.3, 0.4) is 0 Å². The second-order valence-electron chi connectivity index (χ2n) is 14.9. The standard InChI is InChI=1S/C53H84O6/c1-4-7-10-13-16-19-21-23-24-25-26-27-28-30-31-34-37-40-43-46-52(55)58-49-50(48-57-51(54)45-42-39-36-33-18-15-12-9-6-3)59-53(56)47-44-41-38-35-32-29-22-20-17-14-11-8-5-2/h7-8,10-11,16-17,19-20,23-24,26-27,29-32,38,41,50H,4-6,9,12-15,18,21-22,25,28,33-37,39-40,42-49H2,1-3H3/b10-7-,11-8-,19-16-,20-17-,24-23-,27-26-,31-30-,32-29-,41-38-. The van der Waals surface area contributed by atoms with Gasteiger partial charge in [-0.25, -0.2) is 0 Å². The van der Waals surface area contributed by atoms with Gasteiger partial charge in [-0.3, -0.25) is 14.4 Å². The van der Waals surface area contributed by atoms with Gasteiger partial charge in [-0.1, -0.05) is 188 Å². The van der Waals surface area contributed by atoms with Crippen LogP contribution in [0.4, 0.5) is 0 Å². The van der Waals surface area contributed by atoms with E-state index in [4.69, 9.17) is 14.2 Å². The number of carbonyl (C=O) groups is 3. The normalized spacial score (nSPS) is 13.1. The zero-order valence-corrected chi connectivity index (χ0v) is 37.7. The maximum absolute atomic E-state index is 12.7. The molecular weight excluding hydrogens is 733 g/mol. The third-order valence-electron chi connectivity index (χ3n) is 9.29. The molecule has 0 saturated heterocycles. The van der Waals surface area contributed by atoms with Crippen LogP contribution in [0, 0.1) is 0 Å². The number of allylic oxidation sites excluding steroid dienone is 18. The van der Waals surface area contributed by atoms with Crippen LogP contribution in [0.1, 0.15) is 188 Å². The average molecular weight is 817 g/mol. The molecule has 59 heavy (non-hydrogen) atoms. The van der Waals surface area contributed by atoms with E-state index in [1.165, 1.54) is 38.5 Å². The third kappa shape index (κ3) is 45.0. The molecule has 0 aliphatic carbocycles. The number of hydrogen-bond donors (Lipinski definition) is 0. The fourth-order valence-corrected chi connectivity index (χ4v) is 5.83. The lowest BCUT2D eigenvalue weighted by molar-refractivity contribution is -0.166. The first-order valence-electron chi connectivity index (χ1n) is 23.4. The van der Waals surface area contributed by atoms with Crippen LogP contribution in [0.25, 0.3) is 0 Å². The molecule has 0 fully saturated rings. The molecule has 0 aromatic rings. The first-order valence-corrected chi connectivity index (χ1v) is 23.4. The molecule has 0 aliphatic heterocycles. The summed E-state index contributed by atoms with van der Waals surface area (Å²) in [6, 6.07) is 0. The van der Waals surface area contributed by atoms with Gasteiger partial charge in [-0.05, 0) is 89.9 Å². The maximum Gasteiger partial charge on any atom is 0.306 e. The van der Waals surface area contributed by atoms with Crippen molar-refractivity contribution < 1.29 is 28.6 Å². The van der Waals surface area contributed by atoms with E-state index < -0.39 is 12.1 Å². The van der Waals surface area contributed by atoms with Crippen LogP contribution < -0.4 is 0 Å². The smallest absolute Gasteiger partial charge is 0.306 e. The zero-order chi connectivity index (χ0) is 43.0. The second-order valence-corrected chi connectivity index (χ2v) is 14.9. The molecule has 0 rings (SSSR count). The molecule has 1 atom stereocenters. The fraction of sp³-hybridized carbons (Fsp3) is 0.604. The van der Waals surface area contributed by atoms with Crippen molar-refractivity contribution in [1.29, 1.82) is 0 Å². The predicted molar refractivity (Wildman–Crippen MR) is 251 cm³/mol. The summed E-state index contributed by atoms with van der Waals surface area (Å²) in [5, 5.41) is 0. The topological polar surface area (TPSA) is 78.9 Å². The number of unbranched alkanes of at least 4 members (excludes halogenated alkanes) is 11. The van der Waals surface area contributed by atoms with E-state index in [0.717, 1.165) is 103 Å². The Hall–Kier alpha value is -3.93. The molecule has 0 radical (unpaired) electrons. The van der Waals surface area contributed by atoms with Crippen LogP contribution >= 0.6 is 0 Å².